The molecule has 0 radical (unpaired) electrons. The van der Waals surface area contributed by atoms with Crippen molar-refractivity contribution in [1.29, 1.82) is 0 Å². The Labute approximate surface area is 105 Å². The molecule has 2 nitrogen and oxygen atoms in total. The minimum atomic E-state index is -2.29. The zero-order valence-electron chi connectivity index (χ0n) is 11.0. The molecule has 17 heavy (non-hydrogen) atoms. The lowest BCUT2D eigenvalue weighted by Gasteiger charge is -2.12. The molecule has 1 unspecified atom stereocenters. The van der Waals surface area contributed by atoms with E-state index in [-0.39, 0.29) is 5.41 Å². The highest BCUT2D eigenvalue weighted by molar-refractivity contribution is 7.93. The van der Waals surface area contributed by atoms with Crippen molar-refractivity contribution in [1.82, 2.24) is 0 Å². The number of rotatable bonds is 3. The second-order valence-corrected chi connectivity index (χ2v) is 7.52. The van der Waals surface area contributed by atoms with E-state index in [1.807, 2.05) is 36.4 Å². The standard InChI is InChI=1S/C14H21NOS/c1-14(2,3)11-8-12-17(16,15-4)13-9-6-5-7-10-13/h5-11H,12H2,1-4H3/b11-8+. The van der Waals surface area contributed by atoms with Gasteiger partial charge in [-0.05, 0) is 17.5 Å². The fourth-order valence-electron chi connectivity index (χ4n) is 1.44. The van der Waals surface area contributed by atoms with E-state index in [2.05, 4.69) is 31.2 Å². The molecule has 1 atom stereocenters. The van der Waals surface area contributed by atoms with E-state index in [4.69, 9.17) is 0 Å². The SMILES string of the molecule is CN=S(=O)(C/C=C/C(C)(C)C)c1ccccc1. The van der Waals surface area contributed by atoms with Gasteiger partial charge in [-0.1, -0.05) is 51.1 Å². The van der Waals surface area contributed by atoms with Crippen LogP contribution in [0.15, 0.2) is 51.7 Å². The molecule has 0 aliphatic carbocycles. The summed E-state index contributed by atoms with van der Waals surface area (Å²) in [5.74, 6) is 0.477. The Morgan fingerprint density at radius 2 is 1.82 bits per heavy atom. The maximum absolute atomic E-state index is 12.6. The maximum atomic E-state index is 12.6. The highest BCUT2D eigenvalue weighted by Gasteiger charge is 2.10. The third-order valence-corrected chi connectivity index (χ3v) is 4.59. The normalized spacial score (nSPS) is 15.8. The second-order valence-electron chi connectivity index (χ2n) is 5.07. The number of benzene rings is 1. The summed E-state index contributed by atoms with van der Waals surface area (Å²) in [6, 6.07) is 9.46. The first-order valence-electron chi connectivity index (χ1n) is 5.73. The third kappa shape index (κ3) is 4.35. The Bertz CT molecular complexity index is 489. The summed E-state index contributed by atoms with van der Waals surface area (Å²) >= 11 is 0. The average molecular weight is 251 g/mol. The number of allylic oxidation sites excluding steroid dienone is 1. The summed E-state index contributed by atoms with van der Waals surface area (Å²) in [4.78, 5) is 0.807. The molecule has 1 aromatic carbocycles. The van der Waals surface area contributed by atoms with Gasteiger partial charge < -0.3 is 0 Å². The van der Waals surface area contributed by atoms with Crippen LogP contribution in [0.5, 0.6) is 0 Å². The summed E-state index contributed by atoms with van der Waals surface area (Å²) in [5.41, 5.74) is 0.116. The van der Waals surface area contributed by atoms with Crippen molar-refractivity contribution in [3.63, 3.8) is 0 Å². The molecule has 0 aliphatic rings. The van der Waals surface area contributed by atoms with Crippen molar-refractivity contribution < 1.29 is 4.21 Å². The Kier molecular flexibility index (Phi) is 4.52. The van der Waals surface area contributed by atoms with E-state index in [0.29, 0.717) is 5.75 Å². The monoisotopic (exact) mass is 251 g/mol. The predicted molar refractivity (Wildman–Crippen MR) is 74.7 cm³/mol. The highest BCUT2D eigenvalue weighted by Crippen LogP contribution is 2.17. The summed E-state index contributed by atoms with van der Waals surface area (Å²) in [6.07, 6.45) is 4.06. The van der Waals surface area contributed by atoms with Gasteiger partial charge >= 0.3 is 0 Å². The van der Waals surface area contributed by atoms with Crippen LogP contribution in [0.4, 0.5) is 0 Å². The van der Waals surface area contributed by atoms with Crippen molar-refractivity contribution >= 4 is 9.73 Å². The van der Waals surface area contributed by atoms with Crippen LogP contribution < -0.4 is 0 Å². The molecule has 94 valence electrons. The zero-order chi connectivity index (χ0) is 12.9. The van der Waals surface area contributed by atoms with Gasteiger partial charge in [-0.2, -0.15) is 0 Å². The first-order valence-corrected chi connectivity index (χ1v) is 7.41. The van der Waals surface area contributed by atoms with E-state index < -0.39 is 9.73 Å². The van der Waals surface area contributed by atoms with Crippen LogP contribution in [0.1, 0.15) is 20.8 Å². The molecular weight excluding hydrogens is 230 g/mol. The smallest absolute Gasteiger partial charge is 0.0785 e. The highest BCUT2D eigenvalue weighted by atomic mass is 32.2. The first-order chi connectivity index (χ1) is 7.87. The zero-order valence-corrected chi connectivity index (χ0v) is 11.8. The van der Waals surface area contributed by atoms with Crippen molar-refractivity contribution in [2.24, 2.45) is 9.78 Å². The van der Waals surface area contributed by atoms with E-state index in [1.54, 1.807) is 7.05 Å². The molecule has 0 saturated carbocycles. The molecule has 1 aromatic rings. The summed E-state index contributed by atoms with van der Waals surface area (Å²) < 4.78 is 16.7. The molecular formula is C14H21NOS. The van der Waals surface area contributed by atoms with Gasteiger partial charge in [-0.3, -0.25) is 0 Å². The van der Waals surface area contributed by atoms with Gasteiger partial charge in [0, 0.05) is 11.9 Å². The third-order valence-electron chi connectivity index (χ3n) is 2.35. The molecule has 1 rings (SSSR count). The lowest BCUT2D eigenvalue weighted by atomic mass is 9.97. The van der Waals surface area contributed by atoms with Gasteiger partial charge in [-0.15, -0.1) is 0 Å². The average Bonchev–Trinajstić information content (AvgIpc) is 2.28. The Hall–Kier alpha value is -1.09. The lowest BCUT2D eigenvalue weighted by Crippen LogP contribution is -2.06. The van der Waals surface area contributed by atoms with Crippen LogP contribution in [0, 0.1) is 5.41 Å². The van der Waals surface area contributed by atoms with Crippen molar-refractivity contribution in [2.75, 3.05) is 12.8 Å². The van der Waals surface area contributed by atoms with Gasteiger partial charge in [0.15, 0.2) is 0 Å². The van der Waals surface area contributed by atoms with Crippen molar-refractivity contribution in [2.45, 2.75) is 25.7 Å². The Balaban J connectivity index is 2.94. The fourth-order valence-corrected chi connectivity index (χ4v) is 2.93. The molecule has 0 aromatic heterocycles. The van der Waals surface area contributed by atoms with E-state index in [1.165, 1.54) is 0 Å². The minimum absolute atomic E-state index is 0.116. The van der Waals surface area contributed by atoms with Gasteiger partial charge in [0.25, 0.3) is 0 Å². The summed E-state index contributed by atoms with van der Waals surface area (Å²) in [6.45, 7) is 6.37. The van der Waals surface area contributed by atoms with E-state index in [9.17, 15) is 4.21 Å². The summed E-state index contributed by atoms with van der Waals surface area (Å²) in [5, 5.41) is 0. The van der Waals surface area contributed by atoms with Gasteiger partial charge in [-0.25, -0.2) is 8.57 Å². The van der Waals surface area contributed by atoms with Crippen molar-refractivity contribution in [3.05, 3.63) is 42.5 Å². The molecule has 0 bridgehead atoms. The van der Waals surface area contributed by atoms with Gasteiger partial charge in [0.2, 0.25) is 0 Å². The topological polar surface area (TPSA) is 29.4 Å². The molecule has 0 fully saturated rings. The Morgan fingerprint density at radius 1 is 1.24 bits per heavy atom. The van der Waals surface area contributed by atoms with Crippen LogP contribution in [-0.2, 0) is 9.73 Å². The quantitative estimate of drug-likeness (QED) is 0.752. The predicted octanol–water partition coefficient (Wildman–Crippen LogP) is 3.75. The largest absolute Gasteiger partial charge is 0.244 e. The second kappa shape index (κ2) is 5.50. The summed E-state index contributed by atoms with van der Waals surface area (Å²) in [7, 11) is -0.665. The van der Waals surface area contributed by atoms with Gasteiger partial charge in [0.05, 0.1) is 15.5 Å². The lowest BCUT2D eigenvalue weighted by molar-refractivity contribution is 0.543. The molecule has 0 saturated heterocycles. The van der Waals surface area contributed by atoms with Crippen LogP contribution in [0.25, 0.3) is 0 Å². The molecule has 0 spiro atoms. The Morgan fingerprint density at radius 3 is 2.29 bits per heavy atom. The van der Waals surface area contributed by atoms with Crippen LogP contribution in [-0.4, -0.2) is 17.0 Å². The molecule has 0 aliphatic heterocycles. The first kappa shape index (κ1) is 14.0. The molecule has 0 amide bonds. The van der Waals surface area contributed by atoms with E-state index in [0.717, 1.165) is 4.90 Å². The number of nitrogens with zero attached hydrogens (tertiary/aromatic N) is 1. The van der Waals surface area contributed by atoms with Crippen LogP contribution in [0.2, 0.25) is 0 Å². The fraction of sp³-hybridized carbons (Fsp3) is 0.429. The molecule has 0 heterocycles. The van der Waals surface area contributed by atoms with E-state index >= 15 is 0 Å². The van der Waals surface area contributed by atoms with Gasteiger partial charge in [0.1, 0.15) is 0 Å². The maximum Gasteiger partial charge on any atom is 0.0785 e. The minimum Gasteiger partial charge on any atom is -0.244 e. The molecule has 0 N–H and O–H groups in total. The van der Waals surface area contributed by atoms with Crippen molar-refractivity contribution in [3.8, 4) is 0 Å². The number of hydrogen-bond acceptors (Lipinski definition) is 2. The van der Waals surface area contributed by atoms with Crippen LogP contribution in [0.3, 0.4) is 0 Å². The number of hydrogen-bond donors (Lipinski definition) is 0. The molecule has 3 heteroatoms. The van der Waals surface area contributed by atoms with Crippen LogP contribution >= 0.6 is 0 Å².